The van der Waals surface area contributed by atoms with Gasteiger partial charge in [0.15, 0.2) is 5.78 Å². The van der Waals surface area contributed by atoms with Crippen molar-refractivity contribution in [3.8, 4) is 5.75 Å². The van der Waals surface area contributed by atoms with E-state index >= 15 is 0 Å². The van der Waals surface area contributed by atoms with Gasteiger partial charge in [0.2, 0.25) is 0 Å². The first-order chi connectivity index (χ1) is 9.24. The number of carbonyl (C=O) groups is 1. The fraction of sp³-hybridized carbons (Fsp3) is 0.286. The van der Waals surface area contributed by atoms with E-state index in [0.29, 0.717) is 18.8 Å². The minimum absolute atomic E-state index is 0.0275. The summed E-state index contributed by atoms with van der Waals surface area (Å²) in [5, 5.41) is 0. The van der Waals surface area contributed by atoms with Crippen LogP contribution in [0.25, 0.3) is 0 Å². The SMILES string of the molecule is COc1ccccc1CC(=O)c1cn(CCN)cn1. The molecule has 100 valence electrons. The van der Waals surface area contributed by atoms with Crippen molar-refractivity contribution in [3.05, 3.63) is 48.0 Å². The average Bonchev–Trinajstić information content (AvgIpc) is 2.88. The molecule has 2 N–H and O–H groups in total. The van der Waals surface area contributed by atoms with Crippen LogP contribution in [-0.2, 0) is 13.0 Å². The zero-order valence-electron chi connectivity index (χ0n) is 10.9. The summed E-state index contributed by atoms with van der Waals surface area (Å²) in [6, 6.07) is 7.49. The molecule has 0 spiro atoms. The number of hydrogen-bond acceptors (Lipinski definition) is 4. The van der Waals surface area contributed by atoms with Crippen LogP contribution in [0.2, 0.25) is 0 Å². The molecule has 0 fully saturated rings. The molecule has 0 aliphatic rings. The molecule has 5 heteroatoms. The van der Waals surface area contributed by atoms with Gasteiger partial charge >= 0.3 is 0 Å². The number of aromatic nitrogens is 2. The van der Waals surface area contributed by atoms with Crippen molar-refractivity contribution < 1.29 is 9.53 Å². The second-order valence-corrected chi connectivity index (χ2v) is 4.20. The lowest BCUT2D eigenvalue weighted by Crippen LogP contribution is -2.08. The smallest absolute Gasteiger partial charge is 0.187 e. The van der Waals surface area contributed by atoms with Gasteiger partial charge in [-0.05, 0) is 6.07 Å². The van der Waals surface area contributed by atoms with Crippen molar-refractivity contribution in [2.75, 3.05) is 13.7 Å². The van der Waals surface area contributed by atoms with E-state index in [2.05, 4.69) is 4.98 Å². The van der Waals surface area contributed by atoms with Gasteiger partial charge in [-0.25, -0.2) is 4.98 Å². The monoisotopic (exact) mass is 259 g/mol. The zero-order chi connectivity index (χ0) is 13.7. The maximum atomic E-state index is 12.1. The van der Waals surface area contributed by atoms with E-state index in [-0.39, 0.29) is 12.2 Å². The molecule has 2 aromatic rings. The number of imidazole rings is 1. The highest BCUT2D eigenvalue weighted by atomic mass is 16.5. The standard InChI is InChI=1S/C14H17N3O2/c1-19-14-5-3-2-4-11(14)8-13(18)12-9-17(7-6-15)10-16-12/h2-5,9-10H,6-8,15H2,1H3. The van der Waals surface area contributed by atoms with E-state index in [1.54, 1.807) is 19.6 Å². The Morgan fingerprint density at radius 1 is 1.42 bits per heavy atom. The molecule has 0 amide bonds. The summed E-state index contributed by atoms with van der Waals surface area (Å²) in [7, 11) is 1.60. The van der Waals surface area contributed by atoms with Crippen LogP contribution in [0.1, 0.15) is 16.1 Å². The summed E-state index contributed by atoms with van der Waals surface area (Å²) in [6.07, 6.45) is 3.64. The highest BCUT2D eigenvalue weighted by Gasteiger charge is 2.12. The van der Waals surface area contributed by atoms with Crippen LogP contribution >= 0.6 is 0 Å². The van der Waals surface area contributed by atoms with E-state index in [1.807, 2.05) is 28.8 Å². The fourth-order valence-corrected chi connectivity index (χ4v) is 1.89. The van der Waals surface area contributed by atoms with Crippen LogP contribution in [0.3, 0.4) is 0 Å². The Bertz CT molecular complexity index is 563. The van der Waals surface area contributed by atoms with Crippen LogP contribution in [0.5, 0.6) is 5.75 Å². The van der Waals surface area contributed by atoms with Crippen LogP contribution < -0.4 is 10.5 Å². The summed E-state index contributed by atoms with van der Waals surface area (Å²) < 4.78 is 7.05. The van der Waals surface area contributed by atoms with E-state index < -0.39 is 0 Å². The van der Waals surface area contributed by atoms with Crippen molar-refractivity contribution in [3.63, 3.8) is 0 Å². The second kappa shape index (κ2) is 6.15. The van der Waals surface area contributed by atoms with Gasteiger partial charge in [-0.2, -0.15) is 0 Å². The van der Waals surface area contributed by atoms with Gasteiger partial charge in [-0.1, -0.05) is 18.2 Å². The third-order valence-electron chi connectivity index (χ3n) is 2.85. The number of Topliss-reactive ketones (excluding diaryl/α,β-unsaturated/α-hetero) is 1. The summed E-state index contributed by atoms with van der Waals surface area (Å²) in [4.78, 5) is 16.2. The molecule has 0 aliphatic heterocycles. The molecule has 0 aliphatic carbocycles. The number of nitrogens with zero attached hydrogens (tertiary/aromatic N) is 2. The number of para-hydroxylation sites is 1. The summed E-state index contributed by atoms with van der Waals surface area (Å²) in [5.41, 5.74) is 6.78. The lowest BCUT2D eigenvalue weighted by molar-refractivity contribution is 0.0987. The van der Waals surface area contributed by atoms with Crippen molar-refractivity contribution in [2.45, 2.75) is 13.0 Å². The van der Waals surface area contributed by atoms with Crippen molar-refractivity contribution in [2.24, 2.45) is 5.73 Å². The lowest BCUT2D eigenvalue weighted by Gasteiger charge is -2.06. The van der Waals surface area contributed by atoms with Gasteiger partial charge in [0, 0.05) is 31.3 Å². The number of nitrogens with two attached hydrogens (primary N) is 1. The zero-order valence-corrected chi connectivity index (χ0v) is 10.9. The maximum Gasteiger partial charge on any atom is 0.187 e. The first kappa shape index (κ1) is 13.3. The predicted octanol–water partition coefficient (Wildman–Crippen LogP) is 1.28. The largest absolute Gasteiger partial charge is 0.496 e. The minimum atomic E-state index is -0.0275. The number of methoxy groups -OCH3 is 1. The van der Waals surface area contributed by atoms with Crippen molar-refractivity contribution >= 4 is 5.78 Å². The molecule has 0 atom stereocenters. The molecule has 0 radical (unpaired) electrons. The molecule has 0 saturated heterocycles. The molecular weight excluding hydrogens is 242 g/mol. The molecule has 1 heterocycles. The van der Waals surface area contributed by atoms with Gasteiger partial charge < -0.3 is 15.0 Å². The Kier molecular flexibility index (Phi) is 4.30. The van der Waals surface area contributed by atoms with E-state index in [0.717, 1.165) is 11.3 Å². The molecule has 0 unspecified atom stereocenters. The number of carbonyl (C=O) groups excluding carboxylic acids is 1. The third-order valence-corrected chi connectivity index (χ3v) is 2.85. The van der Waals surface area contributed by atoms with Gasteiger partial charge in [0.05, 0.1) is 13.4 Å². The Labute approximate surface area is 112 Å². The number of ketones is 1. The first-order valence-corrected chi connectivity index (χ1v) is 6.11. The number of rotatable bonds is 6. The van der Waals surface area contributed by atoms with E-state index in [9.17, 15) is 4.79 Å². The Morgan fingerprint density at radius 2 is 2.21 bits per heavy atom. The molecular formula is C14H17N3O2. The highest BCUT2D eigenvalue weighted by molar-refractivity contribution is 5.95. The highest BCUT2D eigenvalue weighted by Crippen LogP contribution is 2.19. The van der Waals surface area contributed by atoms with Gasteiger partial charge in [-0.3, -0.25) is 4.79 Å². The fourth-order valence-electron chi connectivity index (χ4n) is 1.89. The molecule has 5 nitrogen and oxygen atoms in total. The van der Waals surface area contributed by atoms with Crippen LogP contribution in [0, 0.1) is 0 Å². The number of benzene rings is 1. The number of hydrogen-bond donors (Lipinski definition) is 1. The number of ether oxygens (including phenoxy) is 1. The molecule has 1 aromatic carbocycles. The second-order valence-electron chi connectivity index (χ2n) is 4.20. The molecule has 1 aromatic heterocycles. The van der Waals surface area contributed by atoms with Crippen molar-refractivity contribution in [1.29, 1.82) is 0 Å². The van der Waals surface area contributed by atoms with Crippen LogP contribution in [0.15, 0.2) is 36.8 Å². The van der Waals surface area contributed by atoms with Gasteiger partial charge in [0.25, 0.3) is 0 Å². The van der Waals surface area contributed by atoms with Crippen molar-refractivity contribution in [1.82, 2.24) is 9.55 Å². The molecule has 0 bridgehead atoms. The topological polar surface area (TPSA) is 70.1 Å². The van der Waals surface area contributed by atoms with Gasteiger partial charge in [0.1, 0.15) is 11.4 Å². The summed E-state index contributed by atoms with van der Waals surface area (Å²) in [6.45, 7) is 1.19. The maximum absolute atomic E-state index is 12.1. The summed E-state index contributed by atoms with van der Waals surface area (Å²) >= 11 is 0. The van der Waals surface area contributed by atoms with E-state index in [1.165, 1.54) is 0 Å². The quantitative estimate of drug-likeness (QED) is 0.793. The molecule has 19 heavy (non-hydrogen) atoms. The van der Waals surface area contributed by atoms with Crippen LogP contribution in [-0.4, -0.2) is 29.0 Å². The summed E-state index contributed by atoms with van der Waals surface area (Å²) in [5.74, 6) is 0.692. The minimum Gasteiger partial charge on any atom is -0.496 e. The Balaban J connectivity index is 2.11. The predicted molar refractivity (Wildman–Crippen MR) is 72.3 cm³/mol. The Morgan fingerprint density at radius 3 is 2.95 bits per heavy atom. The lowest BCUT2D eigenvalue weighted by atomic mass is 10.1. The first-order valence-electron chi connectivity index (χ1n) is 6.11. The normalized spacial score (nSPS) is 10.4. The van der Waals surface area contributed by atoms with E-state index in [4.69, 9.17) is 10.5 Å². The van der Waals surface area contributed by atoms with Crippen LogP contribution in [0.4, 0.5) is 0 Å². The Hall–Kier alpha value is -2.14. The average molecular weight is 259 g/mol. The molecule has 2 rings (SSSR count). The third kappa shape index (κ3) is 3.20. The molecule has 0 saturated carbocycles. The van der Waals surface area contributed by atoms with Gasteiger partial charge in [-0.15, -0.1) is 0 Å².